The molecular formula is C11H12O. The zero-order chi connectivity index (χ0) is 8.65. The predicted octanol–water partition coefficient (Wildman–Crippen LogP) is 2.57. The molecule has 0 aromatic heterocycles. The summed E-state index contributed by atoms with van der Waals surface area (Å²) in [5.74, 6) is 0. The van der Waals surface area contributed by atoms with Crippen LogP contribution in [0.5, 0.6) is 0 Å². The maximum Gasteiger partial charge on any atom is 0.142 e. The molecule has 1 nitrogen and oxygen atoms in total. The summed E-state index contributed by atoms with van der Waals surface area (Å²) < 4.78 is 0. The Labute approximate surface area is 72.8 Å². The number of carbonyl (C=O) groups is 1. The van der Waals surface area contributed by atoms with Gasteiger partial charge in [-0.2, -0.15) is 0 Å². The topological polar surface area (TPSA) is 17.1 Å². The van der Waals surface area contributed by atoms with E-state index in [-0.39, 0.29) is 0 Å². The Morgan fingerprint density at radius 1 is 1.25 bits per heavy atom. The van der Waals surface area contributed by atoms with Gasteiger partial charge in [0.2, 0.25) is 0 Å². The first-order valence-corrected chi connectivity index (χ1v) is 4.07. The van der Waals surface area contributed by atoms with Gasteiger partial charge in [-0.1, -0.05) is 36.5 Å². The lowest BCUT2D eigenvalue weighted by atomic mass is 10.1. The number of aldehydes is 1. The second-order valence-corrected chi connectivity index (χ2v) is 2.59. The van der Waals surface area contributed by atoms with Crippen LogP contribution in [0, 0.1) is 0 Å². The molecule has 0 saturated heterocycles. The second-order valence-electron chi connectivity index (χ2n) is 2.59. The molecule has 0 N–H and O–H groups in total. The maximum absolute atomic E-state index is 9.91. The minimum atomic E-state index is 0.777. The van der Waals surface area contributed by atoms with Crippen molar-refractivity contribution in [2.45, 2.75) is 12.8 Å². The Bertz CT molecular complexity index is 254. The Kier molecular flexibility index (Phi) is 3.86. The Hall–Kier alpha value is -1.37. The summed E-state index contributed by atoms with van der Waals surface area (Å²) in [5, 5.41) is 0. The van der Waals surface area contributed by atoms with E-state index in [2.05, 4.69) is 18.2 Å². The lowest BCUT2D eigenvalue weighted by molar-refractivity contribution is -0.104. The summed E-state index contributed by atoms with van der Waals surface area (Å²) in [6, 6.07) is 0. The standard InChI is InChI=1S/C11H12O/c12-10-6-2-5-9-11-7-3-1-4-8-11/h1-3,5-7,9-10H,4,8H2/b6-2+,9-5+. The first kappa shape index (κ1) is 8.72. The molecule has 0 heterocycles. The van der Waals surface area contributed by atoms with Crippen LogP contribution in [0.4, 0.5) is 0 Å². The average molecular weight is 160 g/mol. The van der Waals surface area contributed by atoms with Crippen LogP contribution in [0.25, 0.3) is 0 Å². The molecule has 0 atom stereocenters. The molecule has 1 aliphatic rings. The van der Waals surface area contributed by atoms with Crippen LogP contribution in [0.3, 0.4) is 0 Å². The van der Waals surface area contributed by atoms with Gasteiger partial charge < -0.3 is 0 Å². The van der Waals surface area contributed by atoms with Gasteiger partial charge in [-0.25, -0.2) is 0 Å². The molecule has 1 heteroatoms. The average Bonchev–Trinajstić information content (AvgIpc) is 2.14. The van der Waals surface area contributed by atoms with Gasteiger partial charge in [0.05, 0.1) is 0 Å². The van der Waals surface area contributed by atoms with E-state index >= 15 is 0 Å². The number of carbonyl (C=O) groups excluding carboxylic acids is 1. The van der Waals surface area contributed by atoms with Gasteiger partial charge in [0, 0.05) is 0 Å². The molecular weight excluding hydrogens is 148 g/mol. The van der Waals surface area contributed by atoms with Crippen LogP contribution in [0.1, 0.15) is 12.8 Å². The number of hydrogen-bond donors (Lipinski definition) is 0. The van der Waals surface area contributed by atoms with Crippen LogP contribution in [-0.2, 0) is 4.79 Å². The van der Waals surface area contributed by atoms with Crippen molar-refractivity contribution in [3.63, 3.8) is 0 Å². The van der Waals surface area contributed by atoms with E-state index in [0.29, 0.717) is 0 Å². The van der Waals surface area contributed by atoms with Crippen LogP contribution < -0.4 is 0 Å². The SMILES string of the molecule is O=C/C=C/C=C/C1=CC=CCC1. The molecule has 0 aromatic rings. The van der Waals surface area contributed by atoms with E-state index in [0.717, 1.165) is 19.1 Å². The smallest absolute Gasteiger partial charge is 0.142 e. The molecule has 0 amide bonds. The van der Waals surface area contributed by atoms with Gasteiger partial charge in [-0.15, -0.1) is 0 Å². The Balaban J connectivity index is 2.44. The molecule has 0 spiro atoms. The highest BCUT2D eigenvalue weighted by Crippen LogP contribution is 2.12. The van der Waals surface area contributed by atoms with Crippen LogP contribution in [0.2, 0.25) is 0 Å². The molecule has 0 aliphatic heterocycles. The molecule has 0 radical (unpaired) electrons. The third-order valence-electron chi connectivity index (χ3n) is 1.66. The summed E-state index contributed by atoms with van der Waals surface area (Å²) >= 11 is 0. The van der Waals surface area contributed by atoms with Crippen molar-refractivity contribution in [3.8, 4) is 0 Å². The summed E-state index contributed by atoms with van der Waals surface area (Å²) in [6.07, 6.45) is 16.4. The quantitative estimate of drug-likeness (QED) is 0.352. The van der Waals surface area contributed by atoms with Crippen molar-refractivity contribution < 1.29 is 4.79 Å². The number of hydrogen-bond acceptors (Lipinski definition) is 1. The molecule has 1 rings (SSSR count). The highest BCUT2D eigenvalue weighted by Gasteiger charge is 1.92. The van der Waals surface area contributed by atoms with Gasteiger partial charge in [0.1, 0.15) is 6.29 Å². The minimum Gasteiger partial charge on any atom is -0.299 e. The van der Waals surface area contributed by atoms with Crippen LogP contribution in [0.15, 0.2) is 48.1 Å². The van der Waals surface area contributed by atoms with Crippen molar-refractivity contribution in [1.29, 1.82) is 0 Å². The van der Waals surface area contributed by atoms with E-state index in [9.17, 15) is 4.79 Å². The largest absolute Gasteiger partial charge is 0.299 e. The molecule has 1 aliphatic carbocycles. The van der Waals surface area contributed by atoms with E-state index in [1.54, 1.807) is 6.08 Å². The van der Waals surface area contributed by atoms with Gasteiger partial charge in [0.15, 0.2) is 0 Å². The summed E-state index contributed by atoms with van der Waals surface area (Å²) in [5.41, 5.74) is 1.31. The fourth-order valence-electron chi connectivity index (χ4n) is 1.05. The Morgan fingerprint density at radius 2 is 2.17 bits per heavy atom. The predicted molar refractivity (Wildman–Crippen MR) is 50.8 cm³/mol. The Morgan fingerprint density at radius 3 is 2.83 bits per heavy atom. The molecule has 0 bridgehead atoms. The summed E-state index contributed by atoms with van der Waals surface area (Å²) in [7, 11) is 0. The number of allylic oxidation sites excluding steroid dienone is 8. The van der Waals surface area contributed by atoms with Crippen molar-refractivity contribution in [3.05, 3.63) is 48.1 Å². The molecule has 12 heavy (non-hydrogen) atoms. The van der Waals surface area contributed by atoms with E-state index in [4.69, 9.17) is 0 Å². The lowest BCUT2D eigenvalue weighted by Gasteiger charge is -2.01. The lowest BCUT2D eigenvalue weighted by Crippen LogP contribution is -1.81. The molecule has 0 fully saturated rings. The fourth-order valence-corrected chi connectivity index (χ4v) is 1.05. The number of rotatable bonds is 3. The summed E-state index contributed by atoms with van der Waals surface area (Å²) in [4.78, 5) is 9.91. The van der Waals surface area contributed by atoms with Crippen LogP contribution in [-0.4, -0.2) is 6.29 Å². The van der Waals surface area contributed by atoms with Crippen LogP contribution >= 0.6 is 0 Å². The van der Waals surface area contributed by atoms with Crippen molar-refractivity contribution in [2.75, 3.05) is 0 Å². The monoisotopic (exact) mass is 160 g/mol. The van der Waals surface area contributed by atoms with E-state index in [1.165, 1.54) is 11.6 Å². The zero-order valence-electron chi connectivity index (χ0n) is 6.94. The van der Waals surface area contributed by atoms with Crippen molar-refractivity contribution in [1.82, 2.24) is 0 Å². The highest BCUT2D eigenvalue weighted by molar-refractivity contribution is 5.65. The fraction of sp³-hybridized carbons (Fsp3) is 0.182. The van der Waals surface area contributed by atoms with E-state index < -0.39 is 0 Å². The molecule has 62 valence electrons. The van der Waals surface area contributed by atoms with Gasteiger partial charge in [-0.05, 0) is 24.5 Å². The van der Waals surface area contributed by atoms with Gasteiger partial charge >= 0.3 is 0 Å². The molecule has 0 unspecified atom stereocenters. The normalized spacial score (nSPS) is 17.2. The molecule has 0 aromatic carbocycles. The maximum atomic E-state index is 9.91. The van der Waals surface area contributed by atoms with Gasteiger partial charge in [-0.3, -0.25) is 4.79 Å². The third kappa shape index (κ3) is 3.15. The van der Waals surface area contributed by atoms with Crippen molar-refractivity contribution >= 4 is 6.29 Å². The second kappa shape index (κ2) is 5.30. The highest BCUT2D eigenvalue weighted by atomic mass is 16.1. The third-order valence-corrected chi connectivity index (χ3v) is 1.66. The van der Waals surface area contributed by atoms with Gasteiger partial charge in [0.25, 0.3) is 0 Å². The van der Waals surface area contributed by atoms with E-state index in [1.807, 2.05) is 12.2 Å². The minimum absolute atomic E-state index is 0.777. The molecule has 0 saturated carbocycles. The van der Waals surface area contributed by atoms with Crippen molar-refractivity contribution in [2.24, 2.45) is 0 Å². The zero-order valence-corrected chi connectivity index (χ0v) is 6.94. The first-order chi connectivity index (χ1) is 5.93. The first-order valence-electron chi connectivity index (χ1n) is 4.07. The summed E-state index contributed by atoms with van der Waals surface area (Å²) in [6.45, 7) is 0.